The van der Waals surface area contributed by atoms with Gasteiger partial charge >= 0.3 is 0 Å². The molecule has 0 aromatic heterocycles. The van der Waals surface area contributed by atoms with Gasteiger partial charge in [-0.2, -0.15) is 0 Å². The van der Waals surface area contributed by atoms with Crippen LogP contribution >= 0.6 is 15.9 Å². The molecule has 0 saturated carbocycles. The molecule has 0 radical (unpaired) electrons. The van der Waals surface area contributed by atoms with Crippen molar-refractivity contribution in [3.63, 3.8) is 0 Å². The summed E-state index contributed by atoms with van der Waals surface area (Å²) in [5.74, 6) is 1.20. The van der Waals surface area contributed by atoms with Crippen molar-refractivity contribution < 1.29 is 9.53 Å². The summed E-state index contributed by atoms with van der Waals surface area (Å²) in [5, 5.41) is 3.40. The number of nitrogens with one attached hydrogen (secondary N) is 1. The highest BCUT2D eigenvalue weighted by molar-refractivity contribution is 9.10. The highest BCUT2D eigenvalue weighted by atomic mass is 79.9. The summed E-state index contributed by atoms with van der Waals surface area (Å²) < 4.78 is 6.43. The van der Waals surface area contributed by atoms with Gasteiger partial charge in [-0.25, -0.2) is 0 Å². The van der Waals surface area contributed by atoms with Crippen molar-refractivity contribution in [2.24, 2.45) is 5.92 Å². The molecule has 0 fully saturated rings. The molecular formula is C15H21BrN2O2. The van der Waals surface area contributed by atoms with Gasteiger partial charge in [-0.1, -0.05) is 29.8 Å². The van der Waals surface area contributed by atoms with Gasteiger partial charge < -0.3 is 15.0 Å². The van der Waals surface area contributed by atoms with Crippen molar-refractivity contribution >= 4 is 27.5 Å². The van der Waals surface area contributed by atoms with Crippen molar-refractivity contribution in [2.45, 2.75) is 20.3 Å². The summed E-state index contributed by atoms with van der Waals surface area (Å²) >= 11 is 3.45. The fraction of sp³-hybridized carbons (Fsp3) is 0.533. The fourth-order valence-corrected chi connectivity index (χ4v) is 2.63. The predicted molar refractivity (Wildman–Crippen MR) is 84.3 cm³/mol. The largest absolute Gasteiger partial charge is 0.482 e. The van der Waals surface area contributed by atoms with E-state index in [9.17, 15) is 4.79 Å². The highest BCUT2D eigenvalue weighted by Crippen LogP contribution is 2.34. The number of hydrogen-bond donors (Lipinski definition) is 1. The quantitative estimate of drug-likeness (QED) is 0.809. The maximum Gasteiger partial charge on any atom is 0.265 e. The van der Waals surface area contributed by atoms with Crippen LogP contribution in [0.15, 0.2) is 22.7 Å². The van der Waals surface area contributed by atoms with Crippen molar-refractivity contribution in [1.82, 2.24) is 5.32 Å². The number of rotatable bonds is 6. The van der Waals surface area contributed by atoms with E-state index in [1.165, 1.54) is 0 Å². The number of amides is 1. The number of ether oxygens (including phenoxy) is 1. The lowest BCUT2D eigenvalue weighted by atomic mass is 10.1. The molecule has 0 spiro atoms. The van der Waals surface area contributed by atoms with Crippen molar-refractivity contribution in [1.29, 1.82) is 0 Å². The van der Waals surface area contributed by atoms with Crippen LogP contribution in [0, 0.1) is 5.92 Å². The second kappa shape index (κ2) is 7.09. The first-order chi connectivity index (χ1) is 9.61. The molecule has 1 aliphatic heterocycles. The summed E-state index contributed by atoms with van der Waals surface area (Å²) in [5.41, 5.74) is 0.859. The third kappa shape index (κ3) is 3.73. The first kappa shape index (κ1) is 15.3. The number of carbonyl (C=O) groups is 1. The minimum absolute atomic E-state index is 0.0259. The van der Waals surface area contributed by atoms with Gasteiger partial charge in [0.2, 0.25) is 0 Å². The number of anilines is 1. The van der Waals surface area contributed by atoms with Gasteiger partial charge in [-0.3, -0.25) is 4.79 Å². The van der Waals surface area contributed by atoms with Gasteiger partial charge in [0.15, 0.2) is 6.61 Å². The maximum absolute atomic E-state index is 12.1. The predicted octanol–water partition coefficient (Wildman–Crippen LogP) is 2.81. The number of halogens is 1. The molecule has 1 aliphatic rings. The Morgan fingerprint density at radius 2 is 2.30 bits per heavy atom. The molecule has 1 heterocycles. The number of nitrogens with zero attached hydrogens (tertiary/aromatic N) is 1. The van der Waals surface area contributed by atoms with Gasteiger partial charge in [-0.15, -0.1) is 0 Å². The summed E-state index contributed by atoms with van der Waals surface area (Å²) in [7, 11) is 0. The number of fused-ring (bicyclic) bond motifs is 1. The Balaban J connectivity index is 2.07. The molecule has 1 N–H and O–H groups in total. The van der Waals surface area contributed by atoms with Gasteiger partial charge in [-0.05, 0) is 43.6 Å². The van der Waals surface area contributed by atoms with Crippen LogP contribution < -0.4 is 15.0 Å². The minimum Gasteiger partial charge on any atom is -0.482 e. The zero-order chi connectivity index (χ0) is 14.5. The van der Waals surface area contributed by atoms with Crippen LogP contribution in [0.25, 0.3) is 0 Å². The van der Waals surface area contributed by atoms with E-state index in [0.29, 0.717) is 12.5 Å². The summed E-state index contributed by atoms with van der Waals surface area (Å²) in [6.45, 7) is 7.08. The summed E-state index contributed by atoms with van der Waals surface area (Å²) in [6.07, 6.45) is 1.12. The average molecular weight is 341 g/mol. The van der Waals surface area contributed by atoms with Crippen LogP contribution in [0.4, 0.5) is 5.69 Å². The lowest BCUT2D eigenvalue weighted by molar-refractivity contribution is -0.121. The fourth-order valence-electron chi connectivity index (χ4n) is 2.28. The van der Waals surface area contributed by atoms with Crippen LogP contribution in [0.2, 0.25) is 0 Å². The van der Waals surface area contributed by atoms with Crippen LogP contribution in [-0.4, -0.2) is 32.1 Å². The Morgan fingerprint density at radius 1 is 1.50 bits per heavy atom. The zero-order valence-corrected chi connectivity index (χ0v) is 13.6. The van der Waals surface area contributed by atoms with E-state index in [-0.39, 0.29) is 12.5 Å². The molecule has 5 heteroatoms. The molecular weight excluding hydrogens is 320 g/mol. The monoisotopic (exact) mass is 340 g/mol. The maximum atomic E-state index is 12.1. The van der Waals surface area contributed by atoms with Crippen molar-refractivity contribution in [3.05, 3.63) is 22.7 Å². The second-order valence-electron chi connectivity index (χ2n) is 5.21. The first-order valence-electron chi connectivity index (χ1n) is 7.05. The Bertz CT molecular complexity index is 479. The standard InChI is InChI=1S/C15H21BrN2O2/c1-3-6-17-8-11(2)9-18-13-7-12(16)4-5-14(13)20-10-15(18)19/h4-5,7,11,17H,3,6,8-10H2,1-2H3. The normalized spacial score (nSPS) is 15.8. The van der Waals surface area contributed by atoms with Crippen LogP contribution in [0.3, 0.4) is 0 Å². The highest BCUT2D eigenvalue weighted by Gasteiger charge is 2.26. The molecule has 0 saturated heterocycles. The smallest absolute Gasteiger partial charge is 0.265 e. The molecule has 1 unspecified atom stereocenters. The Labute approximate surface area is 128 Å². The van der Waals surface area contributed by atoms with E-state index in [1.807, 2.05) is 23.1 Å². The molecule has 20 heavy (non-hydrogen) atoms. The molecule has 110 valence electrons. The number of benzene rings is 1. The van der Waals surface area contributed by atoms with E-state index >= 15 is 0 Å². The van der Waals surface area contributed by atoms with E-state index in [1.54, 1.807) is 0 Å². The Hall–Kier alpha value is -1.07. The Morgan fingerprint density at radius 3 is 3.05 bits per heavy atom. The average Bonchev–Trinajstić information content (AvgIpc) is 2.42. The number of hydrogen-bond acceptors (Lipinski definition) is 3. The first-order valence-corrected chi connectivity index (χ1v) is 7.84. The summed E-state index contributed by atoms with van der Waals surface area (Å²) in [4.78, 5) is 13.9. The van der Waals surface area contributed by atoms with Crippen molar-refractivity contribution in [2.75, 3.05) is 31.1 Å². The molecule has 4 nitrogen and oxygen atoms in total. The van der Waals surface area contributed by atoms with Crippen LogP contribution in [0.5, 0.6) is 5.75 Å². The zero-order valence-electron chi connectivity index (χ0n) is 12.0. The van der Waals surface area contributed by atoms with Gasteiger partial charge in [0, 0.05) is 11.0 Å². The lowest BCUT2D eigenvalue weighted by Gasteiger charge is -2.31. The van der Waals surface area contributed by atoms with Gasteiger partial charge in [0.1, 0.15) is 5.75 Å². The van der Waals surface area contributed by atoms with E-state index < -0.39 is 0 Å². The third-order valence-corrected chi connectivity index (χ3v) is 3.77. The SMILES string of the molecule is CCCNCC(C)CN1C(=O)COc2ccc(Br)cc21. The molecule has 1 aromatic carbocycles. The molecule has 0 bridgehead atoms. The third-order valence-electron chi connectivity index (χ3n) is 3.28. The Kier molecular flexibility index (Phi) is 5.43. The molecule has 1 amide bonds. The molecule has 2 rings (SSSR count). The van der Waals surface area contributed by atoms with Crippen LogP contribution in [0.1, 0.15) is 20.3 Å². The van der Waals surface area contributed by atoms with E-state index in [2.05, 4.69) is 35.1 Å². The molecule has 1 aromatic rings. The van der Waals surface area contributed by atoms with Crippen molar-refractivity contribution in [3.8, 4) is 5.75 Å². The van der Waals surface area contributed by atoms with Gasteiger partial charge in [0.25, 0.3) is 5.91 Å². The van der Waals surface area contributed by atoms with E-state index in [4.69, 9.17) is 4.74 Å². The van der Waals surface area contributed by atoms with Crippen LogP contribution in [-0.2, 0) is 4.79 Å². The topological polar surface area (TPSA) is 41.6 Å². The second-order valence-corrected chi connectivity index (χ2v) is 6.13. The van der Waals surface area contributed by atoms with E-state index in [0.717, 1.165) is 35.4 Å². The minimum atomic E-state index is 0.0259. The molecule has 1 atom stereocenters. The summed E-state index contributed by atoms with van der Waals surface area (Å²) in [6, 6.07) is 5.77. The molecule has 0 aliphatic carbocycles. The number of carbonyl (C=O) groups excluding carboxylic acids is 1. The lowest BCUT2D eigenvalue weighted by Crippen LogP contribution is -2.43. The van der Waals surface area contributed by atoms with Gasteiger partial charge in [0.05, 0.1) is 5.69 Å².